The summed E-state index contributed by atoms with van der Waals surface area (Å²) >= 11 is 0. The average molecular weight is 216 g/mol. The molecule has 0 aliphatic rings. The van der Waals surface area contributed by atoms with Gasteiger partial charge >= 0.3 is 0 Å². The maximum absolute atomic E-state index is 11.7. The van der Waals surface area contributed by atoms with Gasteiger partial charge in [-0.25, -0.2) is 0 Å². The van der Waals surface area contributed by atoms with E-state index in [4.69, 9.17) is 0 Å². The summed E-state index contributed by atoms with van der Waals surface area (Å²) in [5.41, 5.74) is 0. The molecule has 0 aliphatic carbocycles. The van der Waals surface area contributed by atoms with Gasteiger partial charge in [-0.1, -0.05) is 36.4 Å². The normalized spacial score (nSPS) is 12.5. The minimum atomic E-state index is -0.958. The molecular formula is C13H12OS. The highest BCUT2D eigenvalue weighted by atomic mass is 32.2. The van der Waals surface area contributed by atoms with Gasteiger partial charge in [-0.05, 0) is 22.9 Å². The Labute approximate surface area is 91.9 Å². The van der Waals surface area contributed by atoms with Crippen LogP contribution in [0.1, 0.15) is 0 Å². The van der Waals surface area contributed by atoms with Crippen molar-refractivity contribution in [3.8, 4) is 0 Å². The van der Waals surface area contributed by atoms with Crippen LogP contribution in [0.2, 0.25) is 0 Å². The molecule has 0 amide bonds. The van der Waals surface area contributed by atoms with Gasteiger partial charge in [-0.2, -0.15) is 0 Å². The van der Waals surface area contributed by atoms with E-state index in [2.05, 4.69) is 12.6 Å². The van der Waals surface area contributed by atoms with E-state index >= 15 is 0 Å². The maximum Gasteiger partial charge on any atom is 0.0568 e. The quantitative estimate of drug-likeness (QED) is 0.720. The van der Waals surface area contributed by atoms with Crippen LogP contribution >= 0.6 is 0 Å². The largest absolute Gasteiger partial charge is 0.254 e. The van der Waals surface area contributed by atoms with E-state index in [1.54, 1.807) is 6.08 Å². The van der Waals surface area contributed by atoms with Crippen LogP contribution in [-0.2, 0) is 10.8 Å². The molecule has 15 heavy (non-hydrogen) atoms. The van der Waals surface area contributed by atoms with Gasteiger partial charge in [0.05, 0.1) is 10.8 Å². The lowest BCUT2D eigenvalue weighted by Gasteiger charge is -2.01. The third kappa shape index (κ3) is 2.16. The molecule has 0 radical (unpaired) electrons. The molecule has 2 rings (SSSR count). The summed E-state index contributed by atoms with van der Waals surface area (Å²) in [6, 6.07) is 14.0. The lowest BCUT2D eigenvalue weighted by Crippen LogP contribution is -1.94. The summed E-state index contributed by atoms with van der Waals surface area (Å²) in [6.45, 7) is 3.60. The number of benzene rings is 2. The van der Waals surface area contributed by atoms with Crippen LogP contribution in [0.5, 0.6) is 0 Å². The first-order chi connectivity index (χ1) is 7.31. The average Bonchev–Trinajstić information content (AvgIpc) is 2.29. The summed E-state index contributed by atoms with van der Waals surface area (Å²) in [4.78, 5) is 0.869. The Balaban J connectivity index is 2.46. The lowest BCUT2D eigenvalue weighted by molar-refractivity contribution is 0.685. The number of rotatable bonds is 3. The van der Waals surface area contributed by atoms with Crippen LogP contribution < -0.4 is 0 Å². The van der Waals surface area contributed by atoms with Crippen LogP contribution in [0.15, 0.2) is 60.0 Å². The van der Waals surface area contributed by atoms with E-state index in [0.29, 0.717) is 5.75 Å². The Morgan fingerprint density at radius 2 is 1.87 bits per heavy atom. The first kappa shape index (κ1) is 10.1. The topological polar surface area (TPSA) is 17.1 Å². The lowest BCUT2D eigenvalue weighted by atomic mass is 10.1. The predicted molar refractivity (Wildman–Crippen MR) is 65.4 cm³/mol. The number of fused-ring (bicyclic) bond motifs is 1. The van der Waals surface area contributed by atoms with Crippen molar-refractivity contribution >= 4 is 21.6 Å². The van der Waals surface area contributed by atoms with Crippen molar-refractivity contribution in [2.45, 2.75) is 4.90 Å². The standard InChI is InChI=1S/C13H12OS/c1-2-9-15(14)13-8-7-11-5-3-4-6-12(11)10-13/h2-8,10H,1,9H2. The Hall–Kier alpha value is -1.41. The molecular weight excluding hydrogens is 204 g/mol. The van der Waals surface area contributed by atoms with Crippen LogP contribution in [0.4, 0.5) is 0 Å². The molecule has 0 heterocycles. The SMILES string of the molecule is C=CCS(=O)c1ccc2ccccc2c1. The van der Waals surface area contributed by atoms with E-state index in [9.17, 15) is 4.21 Å². The molecule has 0 saturated heterocycles. The van der Waals surface area contributed by atoms with Gasteiger partial charge in [-0.3, -0.25) is 4.21 Å². The van der Waals surface area contributed by atoms with Gasteiger partial charge in [0, 0.05) is 10.6 Å². The van der Waals surface area contributed by atoms with Gasteiger partial charge in [-0.15, -0.1) is 6.58 Å². The zero-order valence-electron chi connectivity index (χ0n) is 8.35. The Kier molecular flexibility index (Phi) is 2.97. The molecule has 0 fully saturated rings. The molecule has 76 valence electrons. The predicted octanol–water partition coefficient (Wildman–Crippen LogP) is 3.13. The highest BCUT2D eigenvalue weighted by Gasteiger charge is 2.02. The minimum Gasteiger partial charge on any atom is -0.254 e. The fourth-order valence-electron chi connectivity index (χ4n) is 1.51. The first-order valence-electron chi connectivity index (χ1n) is 4.79. The monoisotopic (exact) mass is 216 g/mol. The van der Waals surface area contributed by atoms with E-state index in [1.807, 2.05) is 36.4 Å². The zero-order valence-corrected chi connectivity index (χ0v) is 9.17. The highest BCUT2D eigenvalue weighted by Crippen LogP contribution is 2.17. The fourth-order valence-corrected chi connectivity index (χ4v) is 2.40. The second-order valence-electron chi connectivity index (χ2n) is 3.31. The second-order valence-corrected chi connectivity index (χ2v) is 4.81. The van der Waals surface area contributed by atoms with Crippen LogP contribution in [0, 0.1) is 0 Å². The molecule has 0 aromatic heterocycles. The fraction of sp³-hybridized carbons (Fsp3) is 0.0769. The minimum absolute atomic E-state index is 0.512. The molecule has 0 N–H and O–H groups in total. The molecule has 0 aliphatic heterocycles. The van der Waals surface area contributed by atoms with E-state index < -0.39 is 10.8 Å². The van der Waals surface area contributed by atoms with E-state index in [0.717, 1.165) is 10.3 Å². The van der Waals surface area contributed by atoms with Gasteiger partial charge in [0.2, 0.25) is 0 Å². The van der Waals surface area contributed by atoms with Gasteiger partial charge in [0.25, 0.3) is 0 Å². The molecule has 2 heteroatoms. The molecule has 0 spiro atoms. The maximum atomic E-state index is 11.7. The van der Waals surface area contributed by atoms with E-state index in [-0.39, 0.29) is 0 Å². The molecule has 0 bridgehead atoms. The Bertz CT molecular complexity index is 517. The molecule has 1 atom stereocenters. The van der Waals surface area contributed by atoms with Crippen molar-refractivity contribution in [2.24, 2.45) is 0 Å². The van der Waals surface area contributed by atoms with Crippen molar-refractivity contribution in [1.82, 2.24) is 0 Å². The number of hydrogen-bond acceptors (Lipinski definition) is 1. The molecule has 1 unspecified atom stereocenters. The van der Waals surface area contributed by atoms with Crippen molar-refractivity contribution < 1.29 is 4.21 Å². The summed E-state index contributed by atoms with van der Waals surface area (Å²) in [5, 5.41) is 2.31. The van der Waals surface area contributed by atoms with Crippen molar-refractivity contribution in [2.75, 3.05) is 5.75 Å². The molecule has 0 saturated carbocycles. The summed E-state index contributed by atoms with van der Waals surface area (Å²) in [7, 11) is -0.958. The van der Waals surface area contributed by atoms with Gasteiger partial charge < -0.3 is 0 Å². The van der Waals surface area contributed by atoms with Crippen molar-refractivity contribution in [1.29, 1.82) is 0 Å². The Morgan fingerprint density at radius 3 is 2.60 bits per heavy atom. The third-order valence-electron chi connectivity index (χ3n) is 2.25. The highest BCUT2D eigenvalue weighted by molar-refractivity contribution is 7.85. The van der Waals surface area contributed by atoms with Crippen LogP contribution in [-0.4, -0.2) is 9.96 Å². The van der Waals surface area contributed by atoms with Crippen LogP contribution in [0.25, 0.3) is 10.8 Å². The molecule has 2 aromatic carbocycles. The Morgan fingerprint density at radius 1 is 1.13 bits per heavy atom. The summed E-state index contributed by atoms with van der Waals surface area (Å²) in [5.74, 6) is 0.512. The van der Waals surface area contributed by atoms with E-state index in [1.165, 1.54) is 5.39 Å². The third-order valence-corrected chi connectivity index (χ3v) is 3.57. The molecule has 2 aromatic rings. The summed E-state index contributed by atoms with van der Waals surface area (Å²) in [6.07, 6.45) is 1.69. The van der Waals surface area contributed by atoms with Crippen molar-refractivity contribution in [3.63, 3.8) is 0 Å². The first-order valence-corrected chi connectivity index (χ1v) is 6.11. The number of hydrogen-bond donors (Lipinski definition) is 0. The van der Waals surface area contributed by atoms with Gasteiger partial charge in [0.1, 0.15) is 0 Å². The van der Waals surface area contributed by atoms with Gasteiger partial charge in [0.15, 0.2) is 0 Å². The van der Waals surface area contributed by atoms with Crippen molar-refractivity contribution in [3.05, 3.63) is 55.1 Å². The van der Waals surface area contributed by atoms with Crippen LogP contribution in [0.3, 0.4) is 0 Å². The second kappa shape index (κ2) is 4.41. The molecule has 1 nitrogen and oxygen atoms in total. The smallest absolute Gasteiger partial charge is 0.0568 e. The summed E-state index contributed by atoms with van der Waals surface area (Å²) < 4.78 is 11.7. The zero-order chi connectivity index (χ0) is 10.7.